The minimum Gasteiger partial charge on any atom is -0.306 e. The lowest BCUT2D eigenvalue weighted by molar-refractivity contribution is 0.559. The Hall–Kier alpha value is -1.38. The molecule has 1 nitrogen and oxygen atoms in total. The van der Waals surface area contributed by atoms with Gasteiger partial charge in [-0.15, -0.1) is 0 Å². The van der Waals surface area contributed by atoms with Crippen LogP contribution in [0.1, 0.15) is 43.0 Å². The maximum Gasteiger partial charge on any atom is 0.129 e. The molecule has 21 heavy (non-hydrogen) atoms. The second-order valence-corrected chi connectivity index (χ2v) is 5.52. The summed E-state index contributed by atoms with van der Waals surface area (Å²) in [5.74, 6) is -0.272. The molecule has 0 saturated carbocycles. The molecule has 0 amide bonds. The molecule has 1 N–H and O–H groups in total. The molecule has 2 rings (SSSR count). The summed E-state index contributed by atoms with van der Waals surface area (Å²) in [5.41, 5.74) is 2.85. The van der Waals surface area contributed by atoms with Crippen molar-refractivity contribution in [3.63, 3.8) is 0 Å². The van der Waals surface area contributed by atoms with Gasteiger partial charge in [0.2, 0.25) is 0 Å². The number of rotatable bonds is 6. The Labute approximate surface area is 131 Å². The van der Waals surface area contributed by atoms with Crippen LogP contribution in [0.3, 0.4) is 0 Å². The van der Waals surface area contributed by atoms with E-state index in [9.17, 15) is 4.39 Å². The first-order chi connectivity index (χ1) is 10.2. The SMILES string of the molecule is CCCc1ccc(C(NCC)c2c(F)cccc2Cl)cc1. The van der Waals surface area contributed by atoms with Gasteiger partial charge in [0.25, 0.3) is 0 Å². The summed E-state index contributed by atoms with van der Waals surface area (Å²) < 4.78 is 14.2. The molecule has 0 aromatic heterocycles. The van der Waals surface area contributed by atoms with Gasteiger partial charge in [0.15, 0.2) is 0 Å². The van der Waals surface area contributed by atoms with Gasteiger partial charge >= 0.3 is 0 Å². The van der Waals surface area contributed by atoms with Crippen LogP contribution in [0.2, 0.25) is 5.02 Å². The molecule has 112 valence electrons. The largest absolute Gasteiger partial charge is 0.306 e. The van der Waals surface area contributed by atoms with Crippen LogP contribution in [0.15, 0.2) is 42.5 Å². The molecule has 0 aliphatic rings. The quantitative estimate of drug-likeness (QED) is 0.780. The number of hydrogen-bond acceptors (Lipinski definition) is 1. The minimum atomic E-state index is -0.272. The highest BCUT2D eigenvalue weighted by Gasteiger charge is 2.19. The van der Waals surface area contributed by atoms with E-state index in [2.05, 4.69) is 36.5 Å². The fourth-order valence-corrected chi connectivity index (χ4v) is 2.81. The van der Waals surface area contributed by atoms with E-state index in [0.29, 0.717) is 10.6 Å². The summed E-state index contributed by atoms with van der Waals surface area (Å²) in [6.07, 6.45) is 2.18. The Bertz CT molecular complexity index is 560. The molecule has 0 fully saturated rings. The first-order valence-corrected chi connectivity index (χ1v) is 7.81. The molecule has 0 heterocycles. The van der Waals surface area contributed by atoms with Crippen LogP contribution in [0, 0.1) is 5.82 Å². The fraction of sp³-hybridized carbons (Fsp3) is 0.333. The summed E-state index contributed by atoms with van der Waals surface area (Å²) in [7, 11) is 0. The predicted molar refractivity (Wildman–Crippen MR) is 87.4 cm³/mol. The maximum absolute atomic E-state index is 14.2. The summed E-state index contributed by atoms with van der Waals surface area (Å²) in [5, 5.41) is 3.78. The van der Waals surface area contributed by atoms with E-state index in [1.165, 1.54) is 11.6 Å². The molecule has 0 spiro atoms. The van der Waals surface area contributed by atoms with Crippen LogP contribution in [0.4, 0.5) is 4.39 Å². The monoisotopic (exact) mass is 305 g/mol. The zero-order valence-corrected chi connectivity index (χ0v) is 13.3. The summed E-state index contributed by atoms with van der Waals surface area (Å²) in [6.45, 7) is 4.91. The van der Waals surface area contributed by atoms with Gasteiger partial charge in [0, 0.05) is 10.6 Å². The van der Waals surface area contributed by atoms with E-state index in [1.54, 1.807) is 12.1 Å². The first-order valence-electron chi connectivity index (χ1n) is 7.43. The summed E-state index contributed by atoms with van der Waals surface area (Å²) >= 11 is 6.21. The highest BCUT2D eigenvalue weighted by atomic mass is 35.5. The van der Waals surface area contributed by atoms with Crippen molar-refractivity contribution in [3.05, 3.63) is 70.0 Å². The highest BCUT2D eigenvalue weighted by Crippen LogP contribution is 2.30. The molecular formula is C18H21ClFN. The second kappa shape index (κ2) is 7.58. The third-order valence-electron chi connectivity index (χ3n) is 3.55. The van der Waals surface area contributed by atoms with Crippen LogP contribution in [0.25, 0.3) is 0 Å². The van der Waals surface area contributed by atoms with E-state index in [4.69, 9.17) is 11.6 Å². The van der Waals surface area contributed by atoms with Gasteiger partial charge in [0.05, 0.1) is 6.04 Å². The predicted octanol–water partition coefficient (Wildman–Crippen LogP) is 5.13. The average molecular weight is 306 g/mol. The molecule has 2 aromatic rings. The van der Waals surface area contributed by atoms with Crippen LogP contribution in [-0.4, -0.2) is 6.54 Å². The molecule has 0 saturated heterocycles. The number of hydrogen-bond donors (Lipinski definition) is 1. The van der Waals surface area contributed by atoms with Crippen molar-refractivity contribution >= 4 is 11.6 Å². The average Bonchev–Trinajstić information content (AvgIpc) is 2.47. The number of benzene rings is 2. The summed E-state index contributed by atoms with van der Waals surface area (Å²) in [6, 6.07) is 12.9. The number of halogens is 2. The summed E-state index contributed by atoms with van der Waals surface area (Å²) in [4.78, 5) is 0. The lowest BCUT2D eigenvalue weighted by Gasteiger charge is -2.21. The van der Waals surface area contributed by atoms with Gasteiger partial charge < -0.3 is 5.32 Å². The zero-order chi connectivity index (χ0) is 15.2. The van der Waals surface area contributed by atoms with Gasteiger partial charge in [-0.05, 0) is 36.2 Å². The Morgan fingerprint density at radius 1 is 1.10 bits per heavy atom. The molecule has 2 aromatic carbocycles. The third kappa shape index (κ3) is 3.84. The number of nitrogens with one attached hydrogen (secondary N) is 1. The van der Waals surface area contributed by atoms with Crippen molar-refractivity contribution in [3.8, 4) is 0 Å². The standard InChI is InChI=1S/C18H21ClFN/c1-3-6-13-9-11-14(12-10-13)18(21-4-2)17-15(19)7-5-8-16(17)20/h5,7-12,18,21H,3-4,6H2,1-2H3. The molecule has 0 bridgehead atoms. The van der Waals surface area contributed by atoms with Gasteiger partial charge in [-0.25, -0.2) is 4.39 Å². The Balaban J connectivity index is 2.38. The van der Waals surface area contributed by atoms with Crippen molar-refractivity contribution in [1.82, 2.24) is 5.32 Å². The van der Waals surface area contributed by atoms with Crippen LogP contribution < -0.4 is 5.32 Å². The maximum atomic E-state index is 14.2. The van der Waals surface area contributed by atoms with E-state index in [0.717, 1.165) is 24.9 Å². The Morgan fingerprint density at radius 2 is 1.81 bits per heavy atom. The Morgan fingerprint density at radius 3 is 2.38 bits per heavy atom. The fourth-order valence-electron chi connectivity index (χ4n) is 2.54. The first kappa shape index (κ1) is 16.0. The van der Waals surface area contributed by atoms with Crippen molar-refractivity contribution in [1.29, 1.82) is 0 Å². The van der Waals surface area contributed by atoms with E-state index in [1.807, 2.05) is 6.92 Å². The third-order valence-corrected chi connectivity index (χ3v) is 3.88. The van der Waals surface area contributed by atoms with Crippen molar-refractivity contribution in [2.75, 3.05) is 6.54 Å². The molecule has 0 aliphatic carbocycles. The minimum absolute atomic E-state index is 0.223. The van der Waals surface area contributed by atoms with E-state index in [-0.39, 0.29) is 11.9 Å². The molecule has 0 aliphatic heterocycles. The van der Waals surface area contributed by atoms with Gasteiger partial charge in [-0.1, -0.05) is 62.2 Å². The van der Waals surface area contributed by atoms with Gasteiger partial charge in [-0.3, -0.25) is 0 Å². The molecule has 1 unspecified atom stereocenters. The second-order valence-electron chi connectivity index (χ2n) is 5.12. The zero-order valence-electron chi connectivity index (χ0n) is 12.5. The number of aryl methyl sites for hydroxylation is 1. The topological polar surface area (TPSA) is 12.0 Å². The van der Waals surface area contributed by atoms with Gasteiger partial charge in [-0.2, -0.15) is 0 Å². The highest BCUT2D eigenvalue weighted by molar-refractivity contribution is 6.31. The van der Waals surface area contributed by atoms with Crippen LogP contribution in [-0.2, 0) is 6.42 Å². The molecular weight excluding hydrogens is 285 g/mol. The molecule has 3 heteroatoms. The molecule has 0 radical (unpaired) electrons. The van der Waals surface area contributed by atoms with E-state index >= 15 is 0 Å². The van der Waals surface area contributed by atoms with Crippen LogP contribution >= 0.6 is 11.6 Å². The van der Waals surface area contributed by atoms with Crippen LogP contribution in [0.5, 0.6) is 0 Å². The normalized spacial score (nSPS) is 12.4. The lowest BCUT2D eigenvalue weighted by Crippen LogP contribution is -2.23. The van der Waals surface area contributed by atoms with E-state index < -0.39 is 0 Å². The Kier molecular flexibility index (Phi) is 5.77. The molecule has 1 atom stereocenters. The van der Waals surface area contributed by atoms with Crippen molar-refractivity contribution in [2.45, 2.75) is 32.7 Å². The lowest BCUT2D eigenvalue weighted by atomic mass is 9.96. The van der Waals surface area contributed by atoms with Gasteiger partial charge in [0.1, 0.15) is 5.82 Å². The van der Waals surface area contributed by atoms with Crippen molar-refractivity contribution < 1.29 is 4.39 Å². The smallest absolute Gasteiger partial charge is 0.129 e. The van der Waals surface area contributed by atoms with Crippen molar-refractivity contribution in [2.24, 2.45) is 0 Å².